The fourth-order valence-electron chi connectivity index (χ4n) is 2.81. The Morgan fingerprint density at radius 3 is 2.82 bits per heavy atom. The second-order valence-corrected chi connectivity index (χ2v) is 7.73. The Hall–Kier alpha value is -1.43. The first-order valence-corrected chi connectivity index (χ1v) is 10.3. The highest BCUT2D eigenvalue weighted by molar-refractivity contribution is 9.10. The summed E-state index contributed by atoms with van der Waals surface area (Å²) in [4.78, 5) is 4.28. The quantitative estimate of drug-likeness (QED) is 0.422. The summed E-state index contributed by atoms with van der Waals surface area (Å²) >= 11 is 11.0. The summed E-state index contributed by atoms with van der Waals surface area (Å²) < 4.78 is 46.6. The Balaban J connectivity index is 1.77. The first kappa shape index (κ1) is 21.3. The van der Waals surface area contributed by atoms with E-state index in [2.05, 4.69) is 40.4 Å². The molecule has 0 aromatic carbocycles. The maximum absolute atomic E-state index is 12.1. The van der Waals surface area contributed by atoms with Gasteiger partial charge >= 0.3 is 6.36 Å². The summed E-state index contributed by atoms with van der Waals surface area (Å²) in [5.74, 6) is 0.567. The van der Waals surface area contributed by atoms with E-state index in [1.807, 2.05) is 18.4 Å². The SMILES string of the molecule is Cc1c(CCCCOC(F)(F)F)c(Br)n2nc(Cl)nc(NCc3ccsn3)c12. The Labute approximate surface area is 176 Å². The van der Waals surface area contributed by atoms with Gasteiger partial charge < -0.3 is 5.32 Å². The molecule has 0 spiro atoms. The van der Waals surface area contributed by atoms with Crippen LogP contribution in [-0.4, -0.2) is 31.9 Å². The molecular weight excluding hydrogens is 483 g/mol. The standard InChI is InChI=1S/C16H16BrClF3N5OS/c1-9-11(4-2-3-6-27-16(19,20)21)13(17)26-12(9)14(23-15(18)24-26)22-8-10-5-7-28-25-10/h5,7H,2-4,6,8H2,1H3,(H,22,23,24). The van der Waals surface area contributed by atoms with Crippen molar-refractivity contribution < 1.29 is 17.9 Å². The minimum atomic E-state index is -4.59. The molecule has 28 heavy (non-hydrogen) atoms. The molecule has 3 aromatic heterocycles. The van der Waals surface area contributed by atoms with Gasteiger partial charge in [0.25, 0.3) is 0 Å². The van der Waals surface area contributed by atoms with Gasteiger partial charge in [0.2, 0.25) is 5.28 Å². The Morgan fingerprint density at radius 2 is 2.14 bits per heavy atom. The van der Waals surface area contributed by atoms with Crippen LogP contribution < -0.4 is 5.32 Å². The van der Waals surface area contributed by atoms with E-state index in [1.165, 1.54) is 11.5 Å². The smallest absolute Gasteiger partial charge is 0.362 e. The van der Waals surface area contributed by atoms with Gasteiger partial charge in [-0.05, 0) is 82.4 Å². The van der Waals surface area contributed by atoms with Gasteiger partial charge in [0.05, 0.1) is 18.8 Å². The third-order valence-corrected chi connectivity index (χ3v) is 5.65. The predicted molar refractivity (Wildman–Crippen MR) is 105 cm³/mol. The fourth-order valence-corrected chi connectivity index (χ4v) is 4.26. The van der Waals surface area contributed by atoms with Crippen molar-refractivity contribution in [1.82, 2.24) is 19.0 Å². The fraction of sp³-hybridized carbons (Fsp3) is 0.438. The normalized spacial score (nSPS) is 12.1. The zero-order valence-corrected chi connectivity index (χ0v) is 17.8. The lowest BCUT2D eigenvalue weighted by Crippen LogP contribution is -2.14. The van der Waals surface area contributed by atoms with Gasteiger partial charge in [0.1, 0.15) is 10.1 Å². The highest BCUT2D eigenvalue weighted by Crippen LogP contribution is 2.32. The maximum Gasteiger partial charge on any atom is 0.522 e. The van der Waals surface area contributed by atoms with Crippen molar-refractivity contribution in [2.24, 2.45) is 0 Å². The van der Waals surface area contributed by atoms with Crippen molar-refractivity contribution in [2.75, 3.05) is 11.9 Å². The molecule has 0 fully saturated rings. The number of nitrogens with zero attached hydrogens (tertiary/aromatic N) is 4. The molecule has 0 aliphatic heterocycles. The third kappa shape index (κ3) is 5.13. The van der Waals surface area contributed by atoms with Crippen molar-refractivity contribution in [3.05, 3.63) is 38.2 Å². The molecule has 0 aliphatic rings. The Kier molecular flexibility index (Phi) is 6.79. The van der Waals surface area contributed by atoms with Crippen LogP contribution in [0.4, 0.5) is 19.0 Å². The highest BCUT2D eigenvalue weighted by atomic mass is 79.9. The van der Waals surface area contributed by atoms with Crippen LogP contribution in [0, 0.1) is 6.92 Å². The van der Waals surface area contributed by atoms with Crippen LogP contribution in [0.25, 0.3) is 5.52 Å². The second-order valence-electron chi connectivity index (χ2n) is 5.98. The molecule has 1 N–H and O–H groups in total. The number of aromatic nitrogens is 4. The summed E-state index contributed by atoms with van der Waals surface area (Å²) in [7, 11) is 0. The average molecular weight is 499 g/mol. The van der Waals surface area contributed by atoms with Crippen LogP contribution in [0.15, 0.2) is 16.0 Å². The number of alkyl halides is 3. The number of nitrogens with one attached hydrogen (secondary N) is 1. The lowest BCUT2D eigenvalue weighted by Gasteiger charge is -2.07. The molecule has 3 rings (SSSR count). The van der Waals surface area contributed by atoms with Gasteiger partial charge in [-0.3, -0.25) is 4.74 Å². The zero-order chi connectivity index (χ0) is 20.3. The van der Waals surface area contributed by atoms with E-state index in [1.54, 1.807) is 4.52 Å². The van der Waals surface area contributed by atoms with Gasteiger partial charge in [-0.2, -0.15) is 9.36 Å². The lowest BCUT2D eigenvalue weighted by atomic mass is 10.1. The Bertz CT molecular complexity index is 948. The van der Waals surface area contributed by atoms with Gasteiger partial charge in [-0.25, -0.2) is 4.52 Å². The number of anilines is 1. The van der Waals surface area contributed by atoms with E-state index >= 15 is 0 Å². The van der Waals surface area contributed by atoms with Crippen molar-refractivity contribution in [2.45, 2.75) is 39.1 Å². The second kappa shape index (κ2) is 8.93. The van der Waals surface area contributed by atoms with E-state index in [4.69, 9.17) is 11.6 Å². The summed E-state index contributed by atoms with van der Waals surface area (Å²) in [6, 6.07) is 1.91. The van der Waals surface area contributed by atoms with Gasteiger partial charge in [0, 0.05) is 5.38 Å². The Morgan fingerprint density at radius 1 is 1.36 bits per heavy atom. The largest absolute Gasteiger partial charge is 0.522 e. The van der Waals surface area contributed by atoms with Gasteiger partial charge in [-0.1, -0.05) is 0 Å². The monoisotopic (exact) mass is 497 g/mol. The summed E-state index contributed by atoms with van der Waals surface area (Å²) in [5, 5.41) is 9.43. The summed E-state index contributed by atoms with van der Waals surface area (Å²) in [6.07, 6.45) is -3.19. The molecule has 6 nitrogen and oxygen atoms in total. The molecular formula is C16H16BrClF3N5OS. The number of halogens is 5. The van der Waals surface area contributed by atoms with Crippen LogP contribution in [-0.2, 0) is 17.7 Å². The maximum atomic E-state index is 12.1. The molecule has 0 saturated carbocycles. The summed E-state index contributed by atoms with van der Waals surface area (Å²) in [6.45, 7) is 2.05. The first-order valence-electron chi connectivity index (χ1n) is 8.33. The van der Waals surface area contributed by atoms with Crippen molar-refractivity contribution in [1.29, 1.82) is 0 Å². The van der Waals surface area contributed by atoms with E-state index in [0.29, 0.717) is 36.2 Å². The van der Waals surface area contributed by atoms with Crippen LogP contribution in [0.2, 0.25) is 5.28 Å². The minimum absolute atomic E-state index is 0.0779. The van der Waals surface area contributed by atoms with Crippen molar-refractivity contribution >= 4 is 50.4 Å². The molecule has 3 heterocycles. The van der Waals surface area contributed by atoms with Crippen LogP contribution in [0.5, 0.6) is 0 Å². The first-order chi connectivity index (χ1) is 13.3. The number of hydrogen-bond acceptors (Lipinski definition) is 6. The highest BCUT2D eigenvalue weighted by Gasteiger charge is 2.28. The molecule has 0 amide bonds. The van der Waals surface area contributed by atoms with Crippen LogP contribution in [0.1, 0.15) is 29.7 Å². The van der Waals surface area contributed by atoms with Crippen LogP contribution >= 0.6 is 39.1 Å². The number of aryl methyl sites for hydroxylation is 1. The third-order valence-electron chi connectivity index (χ3n) is 4.08. The number of ether oxygens (including phenoxy) is 1. The van der Waals surface area contributed by atoms with Gasteiger partial charge in [0.15, 0.2) is 5.82 Å². The molecule has 0 atom stereocenters. The molecule has 0 bridgehead atoms. The summed E-state index contributed by atoms with van der Waals surface area (Å²) in [5.41, 5.74) is 3.51. The lowest BCUT2D eigenvalue weighted by molar-refractivity contribution is -0.324. The topological polar surface area (TPSA) is 64.3 Å². The van der Waals surface area contributed by atoms with E-state index < -0.39 is 6.36 Å². The predicted octanol–water partition coefficient (Wildman–Crippen LogP) is 5.38. The van der Waals surface area contributed by atoms with Crippen molar-refractivity contribution in [3.8, 4) is 0 Å². The zero-order valence-electron chi connectivity index (χ0n) is 14.7. The van der Waals surface area contributed by atoms with E-state index in [9.17, 15) is 13.2 Å². The number of rotatable bonds is 8. The molecule has 0 unspecified atom stereocenters. The van der Waals surface area contributed by atoms with E-state index in [-0.39, 0.29) is 11.9 Å². The number of hydrogen-bond donors (Lipinski definition) is 1. The molecule has 0 aliphatic carbocycles. The van der Waals surface area contributed by atoms with Crippen molar-refractivity contribution in [3.63, 3.8) is 0 Å². The molecule has 12 heteroatoms. The number of fused-ring (bicyclic) bond motifs is 1. The molecule has 0 radical (unpaired) electrons. The number of unbranched alkanes of at least 4 members (excludes halogenated alkanes) is 1. The average Bonchev–Trinajstić information content (AvgIpc) is 3.21. The van der Waals surface area contributed by atoms with Gasteiger partial charge in [-0.15, -0.1) is 18.3 Å². The molecule has 152 valence electrons. The van der Waals surface area contributed by atoms with E-state index in [0.717, 1.165) is 22.3 Å². The molecule has 3 aromatic rings. The minimum Gasteiger partial charge on any atom is -0.362 e. The van der Waals surface area contributed by atoms with Crippen LogP contribution in [0.3, 0.4) is 0 Å². The molecule has 0 saturated heterocycles.